The Hall–Kier alpha value is -3.97. The number of nitriles is 1. The van der Waals surface area contributed by atoms with E-state index in [-0.39, 0.29) is 24.5 Å². The van der Waals surface area contributed by atoms with Crippen LogP contribution in [0.15, 0.2) is 30.5 Å². The van der Waals surface area contributed by atoms with Gasteiger partial charge < -0.3 is 20.6 Å². The molecule has 0 radical (unpaired) electrons. The normalized spacial score (nSPS) is 13.8. The Morgan fingerprint density at radius 3 is 2.67 bits per heavy atom. The molecule has 1 fully saturated rings. The quantitative estimate of drug-likeness (QED) is 0.413. The molecule has 1 amide bonds. The number of aromatic nitrogens is 4. The lowest BCUT2D eigenvalue weighted by Crippen LogP contribution is -2.29. The number of hydrogen-bond donors (Lipinski definition) is 3. The van der Waals surface area contributed by atoms with Gasteiger partial charge in [-0.15, -0.1) is 0 Å². The van der Waals surface area contributed by atoms with E-state index in [2.05, 4.69) is 31.8 Å². The Bertz CT molecular complexity index is 1310. The monoisotopic (exact) mass is 488 g/mol. The summed E-state index contributed by atoms with van der Waals surface area (Å²) in [6, 6.07) is 9.75. The van der Waals surface area contributed by atoms with E-state index in [9.17, 15) is 15.2 Å². The van der Waals surface area contributed by atoms with E-state index >= 15 is 0 Å². The van der Waals surface area contributed by atoms with Crippen molar-refractivity contribution < 1.29 is 9.90 Å². The number of rotatable bonds is 9. The molecule has 3 N–H and O–H groups in total. The van der Waals surface area contributed by atoms with Crippen LogP contribution in [0.5, 0.6) is 0 Å². The maximum Gasteiger partial charge on any atom is 0.274 e. The lowest BCUT2D eigenvalue weighted by atomic mass is 9.93. The van der Waals surface area contributed by atoms with Gasteiger partial charge in [-0.05, 0) is 50.5 Å². The van der Waals surface area contributed by atoms with Crippen molar-refractivity contribution in [3.8, 4) is 17.3 Å². The molecule has 36 heavy (non-hydrogen) atoms. The predicted molar refractivity (Wildman–Crippen MR) is 138 cm³/mol. The van der Waals surface area contributed by atoms with E-state index in [4.69, 9.17) is 0 Å². The summed E-state index contributed by atoms with van der Waals surface area (Å²) in [7, 11) is 3.57. The standard InChI is InChI=1S/C26H32N8O2/c1-15(2)34-23(12-22(32-34)25(36)33(5)19-6-7-19)31-26-29-9-8-21(30-26)17-10-18(13-27)24(28-4)20(11-17)16(3)14-35/h8-12,15-16,19,28,35H,6-7,14H2,1-5H3,(H,29,30,31)/t16-/m0/s1. The third-order valence-electron chi connectivity index (χ3n) is 6.39. The van der Waals surface area contributed by atoms with Crippen LogP contribution in [0.3, 0.4) is 0 Å². The summed E-state index contributed by atoms with van der Waals surface area (Å²) in [5.74, 6) is 0.696. The van der Waals surface area contributed by atoms with Crippen LogP contribution in [-0.4, -0.2) is 62.4 Å². The predicted octanol–water partition coefficient (Wildman–Crippen LogP) is 3.91. The van der Waals surface area contributed by atoms with Crippen molar-refractivity contribution in [2.45, 2.75) is 51.6 Å². The van der Waals surface area contributed by atoms with Crippen LogP contribution in [-0.2, 0) is 0 Å². The van der Waals surface area contributed by atoms with Gasteiger partial charge in [0, 0.05) is 56.5 Å². The molecule has 1 atom stereocenters. The number of hydrogen-bond acceptors (Lipinski definition) is 8. The van der Waals surface area contributed by atoms with Gasteiger partial charge in [0.1, 0.15) is 11.9 Å². The third-order valence-corrected chi connectivity index (χ3v) is 6.39. The van der Waals surface area contributed by atoms with Gasteiger partial charge in [0.05, 0.1) is 16.9 Å². The van der Waals surface area contributed by atoms with E-state index in [1.54, 1.807) is 41.0 Å². The molecule has 188 valence electrons. The fraction of sp³-hybridized carbons (Fsp3) is 0.423. The average Bonchev–Trinajstić information content (AvgIpc) is 3.66. The fourth-order valence-electron chi connectivity index (χ4n) is 4.16. The molecular weight excluding hydrogens is 456 g/mol. The molecule has 10 heteroatoms. The van der Waals surface area contributed by atoms with Crippen molar-refractivity contribution in [3.63, 3.8) is 0 Å². The number of nitrogens with zero attached hydrogens (tertiary/aromatic N) is 6. The third kappa shape index (κ3) is 5.02. The summed E-state index contributed by atoms with van der Waals surface area (Å²) in [6.45, 7) is 5.84. The highest BCUT2D eigenvalue weighted by atomic mass is 16.3. The number of anilines is 3. The molecule has 1 aromatic carbocycles. The molecule has 3 aromatic rings. The number of aliphatic hydroxyl groups excluding tert-OH is 1. The molecule has 0 saturated heterocycles. The summed E-state index contributed by atoms with van der Waals surface area (Å²) >= 11 is 0. The van der Waals surface area contributed by atoms with E-state index < -0.39 is 0 Å². The first-order chi connectivity index (χ1) is 17.3. The molecule has 2 heterocycles. The second-order valence-corrected chi connectivity index (χ2v) is 9.42. The zero-order chi connectivity index (χ0) is 26.0. The van der Waals surface area contributed by atoms with Gasteiger partial charge in [0.15, 0.2) is 5.69 Å². The molecule has 2 aromatic heterocycles. The van der Waals surface area contributed by atoms with Crippen LogP contribution in [0.25, 0.3) is 11.3 Å². The largest absolute Gasteiger partial charge is 0.396 e. The highest BCUT2D eigenvalue weighted by molar-refractivity contribution is 5.93. The van der Waals surface area contributed by atoms with Crippen LogP contribution in [0.2, 0.25) is 0 Å². The Balaban J connectivity index is 1.68. The Morgan fingerprint density at radius 2 is 2.06 bits per heavy atom. The molecule has 1 aliphatic carbocycles. The number of amides is 1. The van der Waals surface area contributed by atoms with Gasteiger partial charge >= 0.3 is 0 Å². The van der Waals surface area contributed by atoms with Gasteiger partial charge in [-0.25, -0.2) is 14.6 Å². The molecule has 0 unspecified atom stereocenters. The summed E-state index contributed by atoms with van der Waals surface area (Å²) in [5.41, 5.74) is 3.75. The molecule has 1 aliphatic rings. The van der Waals surface area contributed by atoms with Crippen LogP contribution in [0, 0.1) is 11.3 Å². The van der Waals surface area contributed by atoms with Crippen LogP contribution < -0.4 is 10.6 Å². The molecule has 10 nitrogen and oxygen atoms in total. The number of carbonyl (C=O) groups is 1. The summed E-state index contributed by atoms with van der Waals surface area (Å²) in [5, 5.41) is 30.3. The van der Waals surface area contributed by atoms with Crippen molar-refractivity contribution in [1.82, 2.24) is 24.6 Å². The van der Waals surface area contributed by atoms with Gasteiger partial charge in [-0.2, -0.15) is 10.4 Å². The van der Waals surface area contributed by atoms with Crippen molar-refractivity contribution in [2.75, 3.05) is 31.3 Å². The maximum atomic E-state index is 12.9. The Kier molecular flexibility index (Phi) is 7.22. The van der Waals surface area contributed by atoms with Gasteiger partial charge in [0.25, 0.3) is 5.91 Å². The van der Waals surface area contributed by atoms with Gasteiger partial charge in [-0.3, -0.25) is 4.79 Å². The highest BCUT2D eigenvalue weighted by Crippen LogP contribution is 2.33. The summed E-state index contributed by atoms with van der Waals surface area (Å²) in [4.78, 5) is 23.7. The second-order valence-electron chi connectivity index (χ2n) is 9.42. The lowest BCUT2D eigenvalue weighted by molar-refractivity contribution is 0.0778. The molecular formula is C26H32N8O2. The van der Waals surface area contributed by atoms with Crippen LogP contribution in [0.1, 0.15) is 67.2 Å². The number of nitrogens with one attached hydrogen (secondary N) is 2. The molecule has 4 rings (SSSR count). The molecule has 0 aliphatic heterocycles. The maximum absolute atomic E-state index is 12.9. The minimum atomic E-state index is -0.163. The van der Waals surface area contributed by atoms with E-state index in [0.717, 1.165) is 24.0 Å². The van der Waals surface area contributed by atoms with Crippen molar-refractivity contribution in [2.24, 2.45) is 0 Å². The molecule has 1 saturated carbocycles. The van der Waals surface area contributed by atoms with Crippen LogP contribution in [0.4, 0.5) is 17.5 Å². The van der Waals surface area contributed by atoms with Crippen LogP contribution >= 0.6 is 0 Å². The zero-order valence-corrected chi connectivity index (χ0v) is 21.3. The first-order valence-electron chi connectivity index (χ1n) is 12.1. The minimum Gasteiger partial charge on any atom is -0.396 e. The number of aliphatic hydroxyl groups is 1. The Labute approximate surface area is 211 Å². The fourth-order valence-corrected chi connectivity index (χ4v) is 4.16. The molecule has 0 bridgehead atoms. The first kappa shape index (κ1) is 25.1. The SMILES string of the molecule is CNc1c(C#N)cc(-c2ccnc(Nc3cc(C(=O)N(C)C4CC4)nn3C(C)C)n2)cc1[C@@H](C)CO. The Morgan fingerprint density at radius 1 is 1.31 bits per heavy atom. The van der Waals surface area contributed by atoms with Crippen molar-refractivity contribution >= 4 is 23.4 Å². The number of carbonyl (C=O) groups excluding carboxylic acids is 1. The lowest BCUT2D eigenvalue weighted by Gasteiger charge is -2.17. The van der Waals surface area contributed by atoms with E-state index in [0.29, 0.717) is 40.4 Å². The molecule has 0 spiro atoms. The second kappa shape index (κ2) is 10.3. The zero-order valence-electron chi connectivity index (χ0n) is 21.3. The number of benzene rings is 1. The van der Waals surface area contributed by atoms with E-state index in [1.807, 2.05) is 33.9 Å². The topological polar surface area (TPSA) is 132 Å². The summed E-state index contributed by atoms with van der Waals surface area (Å²) in [6.07, 6.45) is 3.70. The van der Waals surface area contributed by atoms with Crippen molar-refractivity contribution in [3.05, 3.63) is 47.3 Å². The average molecular weight is 489 g/mol. The van der Waals surface area contributed by atoms with Gasteiger partial charge in [0.2, 0.25) is 5.95 Å². The van der Waals surface area contributed by atoms with E-state index in [1.165, 1.54) is 0 Å². The summed E-state index contributed by atoms with van der Waals surface area (Å²) < 4.78 is 1.75. The van der Waals surface area contributed by atoms with Gasteiger partial charge in [-0.1, -0.05) is 6.92 Å². The highest BCUT2D eigenvalue weighted by Gasteiger charge is 2.31. The van der Waals surface area contributed by atoms with Crippen molar-refractivity contribution in [1.29, 1.82) is 5.26 Å². The first-order valence-corrected chi connectivity index (χ1v) is 12.1. The smallest absolute Gasteiger partial charge is 0.274 e. The minimum absolute atomic E-state index is 0.0123.